The molecule has 0 bridgehead atoms. The number of halogens is 2. The summed E-state index contributed by atoms with van der Waals surface area (Å²) in [6.45, 7) is 2.89. The number of carbonyl (C=O) groups is 4. The summed E-state index contributed by atoms with van der Waals surface area (Å²) in [5.41, 5.74) is 1.90. The maximum Gasteiger partial charge on any atom is 0.326 e. The molecule has 3 rings (SSSR count). The van der Waals surface area contributed by atoms with Crippen molar-refractivity contribution in [2.45, 2.75) is 13.8 Å². The lowest BCUT2D eigenvalue weighted by Gasteiger charge is -2.12. The maximum atomic E-state index is 12.7. The van der Waals surface area contributed by atoms with E-state index in [4.69, 9.17) is 21.1 Å². The smallest absolute Gasteiger partial charge is 0.326 e. The van der Waals surface area contributed by atoms with E-state index in [1.165, 1.54) is 6.08 Å². The van der Waals surface area contributed by atoms with Gasteiger partial charge >= 0.3 is 5.97 Å². The molecule has 1 N–H and O–H groups in total. The van der Waals surface area contributed by atoms with Gasteiger partial charge in [-0.3, -0.25) is 24.1 Å². The van der Waals surface area contributed by atoms with E-state index in [2.05, 4.69) is 21.2 Å². The Hall–Kier alpha value is -2.82. The summed E-state index contributed by atoms with van der Waals surface area (Å²) in [6, 6.07) is 10.2. The van der Waals surface area contributed by atoms with Gasteiger partial charge in [0.2, 0.25) is 0 Å². The van der Waals surface area contributed by atoms with Gasteiger partial charge in [-0.05, 0) is 67.6 Å². The van der Waals surface area contributed by atoms with Crippen LogP contribution in [0.4, 0.5) is 10.5 Å². The number of hydrogen-bond acceptors (Lipinski definition) is 7. The normalized spacial score (nSPS) is 14.5. The highest BCUT2D eigenvalue weighted by Crippen LogP contribution is 2.35. The molecule has 178 valence electrons. The van der Waals surface area contributed by atoms with Crippen molar-refractivity contribution in [1.82, 2.24) is 4.90 Å². The minimum absolute atomic E-state index is 0.121. The van der Waals surface area contributed by atoms with Crippen LogP contribution in [0.2, 0.25) is 5.02 Å². The van der Waals surface area contributed by atoms with Gasteiger partial charge in [-0.25, -0.2) is 0 Å². The SMILES string of the molecule is CCOC(=O)CN1C(=O)S/C(=C\c2cc(Br)ccc2OCC(=O)Nc2ccc(C)c(Cl)c2)C1=O. The molecule has 8 nitrogen and oxygen atoms in total. The summed E-state index contributed by atoms with van der Waals surface area (Å²) in [6.07, 6.45) is 1.48. The van der Waals surface area contributed by atoms with E-state index in [9.17, 15) is 19.2 Å². The molecule has 0 aromatic heterocycles. The van der Waals surface area contributed by atoms with Gasteiger partial charge in [0.15, 0.2) is 6.61 Å². The molecule has 2 aromatic carbocycles. The number of hydrogen-bond donors (Lipinski definition) is 1. The number of benzene rings is 2. The largest absolute Gasteiger partial charge is 0.483 e. The van der Waals surface area contributed by atoms with E-state index < -0.39 is 29.6 Å². The third-order valence-electron chi connectivity index (χ3n) is 4.54. The van der Waals surface area contributed by atoms with E-state index >= 15 is 0 Å². The number of amides is 3. The van der Waals surface area contributed by atoms with Gasteiger partial charge in [0, 0.05) is 20.7 Å². The summed E-state index contributed by atoms with van der Waals surface area (Å²) < 4.78 is 11.2. The predicted molar refractivity (Wildman–Crippen MR) is 134 cm³/mol. The molecule has 0 spiro atoms. The minimum atomic E-state index is -0.668. The summed E-state index contributed by atoms with van der Waals surface area (Å²) in [5, 5.41) is 2.67. The fourth-order valence-electron chi connectivity index (χ4n) is 2.89. The zero-order valence-electron chi connectivity index (χ0n) is 18.2. The molecule has 1 aliphatic heterocycles. The molecule has 34 heavy (non-hydrogen) atoms. The Morgan fingerprint density at radius 3 is 2.68 bits per heavy atom. The molecule has 11 heteroatoms. The Balaban J connectivity index is 1.72. The fraction of sp³-hybridized carbons (Fsp3) is 0.217. The zero-order valence-corrected chi connectivity index (χ0v) is 21.4. The lowest BCUT2D eigenvalue weighted by atomic mass is 10.2. The van der Waals surface area contributed by atoms with Gasteiger partial charge < -0.3 is 14.8 Å². The van der Waals surface area contributed by atoms with Crippen LogP contribution in [0.1, 0.15) is 18.1 Å². The van der Waals surface area contributed by atoms with Crippen molar-refractivity contribution in [3.8, 4) is 5.75 Å². The number of nitrogens with zero attached hydrogens (tertiary/aromatic N) is 1. The lowest BCUT2D eigenvalue weighted by molar-refractivity contribution is -0.146. The van der Waals surface area contributed by atoms with Crippen LogP contribution in [0.5, 0.6) is 5.75 Å². The molecule has 1 saturated heterocycles. The molecule has 0 saturated carbocycles. The standard InChI is InChI=1S/C23H20BrClN2O6S/c1-3-32-21(29)11-27-22(30)19(34-23(27)31)9-14-8-15(24)5-7-18(14)33-12-20(28)26-16-6-4-13(2)17(25)10-16/h4-10H,3,11-12H2,1-2H3,(H,26,28)/b19-9-. The Morgan fingerprint density at radius 1 is 1.21 bits per heavy atom. The van der Waals surface area contributed by atoms with Crippen molar-refractivity contribution in [2.75, 3.05) is 25.1 Å². The van der Waals surface area contributed by atoms with Crippen molar-refractivity contribution in [1.29, 1.82) is 0 Å². The highest BCUT2D eigenvalue weighted by Gasteiger charge is 2.36. The number of ether oxygens (including phenoxy) is 2. The van der Waals surface area contributed by atoms with Gasteiger partial charge in [-0.15, -0.1) is 0 Å². The summed E-state index contributed by atoms with van der Waals surface area (Å²) >= 11 is 10.2. The van der Waals surface area contributed by atoms with Gasteiger partial charge in [0.05, 0.1) is 11.5 Å². The first-order valence-electron chi connectivity index (χ1n) is 10.1. The molecule has 0 unspecified atom stereocenters. The van der Waals surface area contributed by atoms with Gasteiger partial charge in [0.25, 0.3) is 17.1 Å². The second-order valence-corrected chi connectivity index (χ2v) is 9.37. The molecule has 2 aromatic rings. The predicted octanol–water partition coefficient (Wildman–Crippen LogP) is 5.03. The summed E-state index contributed by atoms with van der Waals surface area (Å²) in [4.78, 5) is 49.9. The maximum absolute atomic E-state index is 12.7. The summed E-state index contributed by atoms with van der Waals surface area (Å²) in [5.74, 6) is -1.34. The highest BCUT2D eigenvalue weighted by atomic mass is 79.9. The van der Waals surface area contributed by atoms with Crippen LogP contribution in [0.15, 0.2) is 45.8 Å². The van der Waals surface area contributed by atoms with E-state index in [-0.39, 0.29) is 18.1 Å². The first-order valence-corrected chi connectivity index (χ1v) is 12.1. The molecule has 0 atom stereocenters. The van der Waals surface area contributed by atoms with Crippen LogP contribution in [-0.4, -0.2) is 47.7 Å². The summed E-state index contributed by atoms with van der Waals surface area (Å²) in [7, 11) is 0. The highest BCUT2D eigenvalue weighted by molar-refractivity contribution is 9.10. The number of rotatable bonds is 8. The van der Waals surface area contributed by atoms with Crippen molar-refractivity contribution < 1.29 is 28.7 Å². The van der Waals surface area contributed by atoms with Crippen molar-refractivity contribution in [3.63, 3.8) is 0 Å². The zero-order chi connectivity index (χ0) is 24.8. The van der Waals surface area contributed by atoms with E-state index in [0.717, 1.165) is 10.5 Å². The molecule has 0 aliphatic carbocycles. The van der Waals surface area contributed by atoms with Gasteiger partial charge in [-0.2, -0.15) is 0 Å². The Labute approximate surface area is 213 Å². The minimum Gasteiger partial charge on any atom is -0.483 e. The topological polar surface area (TPSA) is 102 Å². The number of thioether (sulfide) groups is 1. The van der Waals surface area contributed by atoms with Crippen LogP contribution >= 0.6 is 39.3 Å². The third-order valence-corrected chi connectivity index (χ3v) is 6.35. The Morgan fingerprint density at radius 2 is 1.97 bits per heavy atom. The van der Waals surface area contributed by atoms with Crippen LogP contribution in [-0.2, 0) is 19.1 Å². The van der Waals surface area contributed by atoms with Crippen LogP contribution < -0.4 is 10.1 Å². The Kier molecular flexibility index (Phi) is 8.76. The average Bonchev–Trinajstić information content (AvgIpc) is 3.03. The number of imide groups is 1. The van der Waals surface area contributed by atoms with Gasteiger partial charge in [-0.1, -0.05) is 33.6 Å². The number of anilines is 1. The Bertz CT molecular complexity index is 1190. The third kappa shape index (κ3) is 6.62. The van der Waals surface area contributed by atoms with Crippen molar-refractivity contribution in [3.05, 3.63) is 61.9 Å². The van der Waals surface area contributed by atoms with E-state index in [0.29, 0.717) is 38.3 Å². The number of carbonyl (C=O) groups excluding carboxylic acids is 4. The fourth-order valence-corrected chi connectivity index (χ4v) is 4.28. The van der Waals surface area contributed by atoms with Crippen LogP contribution in [0.25, 0.3) is 6.08 Å². The number of aryl methyl sites for hydroxylation is 1. The average molecular weight is 568 g/mol. The molecule has 0 radical (unpaired) electrons. The molecule has 3 amide bonds. The van der Waals surface area contributed by atoms with E-state index in [1.54, 1.807) is 43.3 Å². The molecular formula is C23H20BrClN2O6S. The monoisotopic (exact) mass is 566 g/mol. The van der Waals surface area contributed by atoms with Crippen LogP contribution in [0, 0.1) is 6.92 Å². The molecule has 1 aliphatic rings. The van der Waals surface area contributed by atoms with E-state index in [1.807, 2.05) is 6.92 Å². The quantitative estimate of drug-likeness (QED) is 0.353. The second-order valence-electron chi connectivity index (χ2n) is 7.06. The number of esters is 1. The van der Waals surface area contributed by atoms with Crippen molar-refractivity contribution in [2.24, 2.45) is 0 Å². The first-order chi connectivity index (χ1) is 16.2. The van der Waals surface area contributed by atoms with Gasteiger partial charge in [0.1, 0.15) is 12.3 Å². The lowest BCUT2D eigenvalue weighted by Crippen LogP contribution is -2.34. The van der Waals surface area contributed by atoms with Crippen LogP contribution in [0.3, 0.4) is 0 Å². The molecular weight excluding hydrogens is 548 g/mol. The second kappa shape index (κ2) is 11.5. The molecule has 1 fully saturated rings. The number of nitrogens with one attached hydrogen (secondary N) is 1. The van der Waals surface area contributed by atoms with Crippen molar-refractivity contribution >= 4 is 74.1 Å². The first kappa shape index (κ1) is 25.8. The molecule has 1 heterocycles.